The zero-order chi connectivity index (χ0) is 8.48. The Kier molecular flexibility index (Phi) is 2.58. The normalized spacial score (nSPS) is 27.2. The van der Waals surface area contributed by atoms with Gasteiger partial charge in [0, 0.05) is 8.07 Å². The van der Waals surface area contributed by atoms with E-state index in [1.807, 2.05) is 0 Å². The van der Waals surface area contributed by atoms with E-state index in [-0.39, 0.29) is 0 Å². The molecule has 1 aliphatic carbocycles. The predicted molar refractivity (Wildman–Crippen MR) is 54.7 cm³/mol. The summed E-state index contributed by atoms with van der Waals surface area (Å²) in [5.41, 5.74) is 2.52. The van der Waals surface area contributed by atoms with E-state index in [9.17, 15) is 0 Å². The Bertz CT molecular complexity index is 153. The molecule has 0 N–H and O–H groups in total. The van der Waals surface area contributed by atoms with Crippen molar-refractivity contribution in [3.8, 4) is 0 Å². The van der Waals surface area contributed by atoms with Crippen molar-refractivity contribution >= 4 is 8.07 Å². The second-order valence-corrected chi connectivity index (χ2v) is 10.5. The Labute approximate surface area is 71.7 Å². The van der Waals surface area contributed by atoms with Crippen LogP contribution in [0.15, 0.2) is 12.2 Å². The van der Waals surface area contributed by atoms with Crippen molar-refractivity contribution < 1.29 is 0 Å². The first-order valence-electron chi connectivity index (χ1n) is 4.67. The summed E-state index contributed by atoms with van der Waals surface area (Å²) in [6.45, 7) is 11.5. The van der Waals surface area contributed by atoms with Crippen LogP contribution in [0.25, 0.3) is 0 Å². The first-order valence-corrected chi connectivity index (χ1v) is 8.24. The third-order valence-electron chi connectivity index (χ3n) is 2.84. The molecule has 0 radical (unpaired) electrons. The average molecular weight is 168 g/mol. The average Bonchev–Trinajstić information content (AvgIpc) is 1.86. The van der Waals surface area contributed by atoms with Crippen LogP contribution in [-0.2, 0) is 0 Å². The van der Waals surface area contributed by atoms with Crippen LogP contribution in [0.3, 0.4) is 0 Å². The maximum Gasteiger partial charge on any atom is 0.0476 e. The predicted octanol–water partition coefficient (Wildman–Crippen LogP) is 3.83. The van der Waals surface area contributed by atoms with Crippen LogP contribution in [0, 0.1) is 0 Å². The summed E-state index contributed by atoms with van der Waals surface area (Å²) < 4.78 is 0. The lowest BCUT2D eigenvalue weighted by atomic mass is 9.96. The van der Waals surface area contributed by atoms with Gasteiger partial charge in [-0.05, 0) is 24.8 Å². The second-order valence-electron chi connectivity index (χ2n) is 4.91. The van der Waals surface area contributed by atoms with Crippen LogP contribution in [0.2, 0.25) is 25.2 Å². The summed E-state index contributed by atoms with van der Waals surface area (Å²) in [6.07, 6.45) is 5.49. The Morgan fingerprint density at radius 2 is 2.00 bits per heavy atom. The van der Waals surface area contributed by atoms with Crippen LogP contribution < -0.4 is 0 Å². The highest BCUT2D eigenvalue weighted by Crippen LogP contribution is 2.38. The molecule has 0 saturated heterocycles. The van der Waals surface area contributed by atoms with Crippen molar-refractivity contribution in [1.29, 1.82) is 0 Å². The van der Waals surface area contributed by atoms with Crippen molar-refractivity contribution in [3.05, 3.63) is 12.2 Å². The van der Waals surface area contributed by atoms with Gasteiger partial charge in [-0.15, -0.1) is 0 Å². The molecule has 0 aromatic rings. The van der Waals surface area contributed by atoms with Crippen molar-refractivity contribution in [3.63, 3.8) is 0 Å². The van der Waals surface area contributed by atoms with E-state index in [1.54, 1.807) is 0 Å². The fourth-order valence-corrected chi connectivity index (χ4v) is 3.86. The molecule has 11 heavy (non-hydrogen) atoms. The minimum Gasteiger partial charge on any atom is -0.0999 e. The lowest BCUT2D eigenvalue weighted by Crippen LogP contribution is -2.29. The SMILES string of the molecule is C=C1CCCC([Si](C)(C)C)C1. The molecule has 0 aliphatic heterocycles. The minimum absolute atomic E-state index is 0.859. The van der Waals surface area contributed by atoms with Gasteiger partial charge in [0.1, 0.15) is 0 Å². The van der Waals surface area contributed by atoms with Gasteiger partial charge in [0.05, 0.1) is 0 Å². The summed E-state index contributed by atoms with van der Waals surface area (Å²) in [7, 11) is -0.859. The van der Waals surface area contributed by atoms with Crippen molar-refractivity contribution in [2.24, 2.45) is 0 Å². The van der Waals surface area contributed by atoms with Gasteiger partial charge >= 0.3 is 0 Å². The summed E-state index contributed by atoms with van der Waals surface area (Å²) in [5, 5.41) is 0. The highest BCUT2D eigenvalue weighted by molar-refractivity contribution is 6.77. The summed E-state index contributed by atoms with van der Waals surface area (Å²) in [6, 6.07) is 0. The lowest BCUT2D eigenvalue weighted by molar-refractivity contribution is 0.585. The lowest BCUT2D eigenvalue weighted by Gasteiger charge is -2.33. The van der Waals surface area contributed by atoms with E-state index < -0.39 is 8.07 Å². The van der Waals surface area contributed by atoms with E-state index >= 15 is 0 Å². The fraction of sp³-hybridized carbons (Fsp3) is 0.800. The van der Waals surface area contributed by atoms with Gasteiger partial charge in [0.15, 0.2) is 0 Å². The van der Waals surface area contributed by atoms with Crippen LogP contribution in [0.5, 0.6) is 0 Å². The second kappa shape index (κ2) is 3.14. The molecule has 0 bridgehead atoms. The van der Waals surface area contributed by atoms with Gasteiger partial charge in [0.25, 0.3) is 0 Å². The molecule has 0 aromatic heterocycles. The van der Waals surface area contributed by atoms with Crippen molar-refractivity contribution in [1.82, 2.24) is 0 Å². The fourth-order valence-electron chi connectivity index (χ4n) is 1.89. The molecular formula is C10H20Si. The number of rotatable bonds is 1. The Hall–Kier alpha value is -0.0431. The maximum atomic E-state index is 4.10. The molecule has 64 valence electrons. The maximum absolute atomic E-state index is 4.10. The zero-order valence-electron chi connectivity index (χ0n) is 8.11. The zero-order valence-corrected chi connectivity index (χ0v) is 9.11. The Morgan fingerprint density at radius 1 is 1.36 bits per heavy atom. The summed E-state index contributed by atoms with van der Waals surface area (Å²) >= 11 is 0. The van der Waals surface area contributed by atoms with Gasteiger partial charge in [-0.1, -0.05) is 38.2 Å². The molecule has 1 aliphatic rings. The molecular weight excluding hydrogens is 148 g/mol. The van der Waals surface area contributed by atoms with Crippen molar-refractivity contribution in [2.75, 3.05) is 0 Å². The molecule has 1 fully saturated rings. The first kappa shape index (κ1) is 9.05. The number of allylic oxidation sites excluding steroid dienone is 1. The largest absolute Gasteiger partial charge is 0.0999 e. The van der Waals surface area contributed by atoms with E-state index in [0.717, 1.165) is 5.54 Å². The molecule has 1 atom stereocenters. The standard InChI is InChI=1S/C10H20Si/c1-9-6-5-7-10(8-9)11(2,3)4/h10H,1,5-8H2,2-4H3. The monoisotopic (exact) mass is 168 g/mol. The van der Waals surface area contributed by atoms with E-state index in [1.165, 1.54) is 31.3 Å². The highest BCUT2D eigenvalue weighted by Gasteiger charge is 2.28. The molecule has 0 heterocycles. The molecule has 1 rings (SSSR count). The summed E-state index contributed by atoms with van der Waals surface area (Å²) in [5.74, 6) is 0. The van der Waals surface area contributed by atoms with E-state index in [4.69, 9.17) is 0 Å². The Balaban J connectivity index is 2.53. The smallest absolute Gasteiger partial charge is 0.0476 e. The van der Waals surface area contributed by atoms with Gasteiger partial charge in [-0.25, -0.2) is 0 Å². The molecule has 0 nitrogen and oxygen atoms in total. The van der Waals surface area contributed by atoms with Gasteiger partial charge < -0.3 is 0 Å². The number of hydrogen-bond acceptors (Lipinski definition) is 0. The Morgan fingerprint density at radius 3 is 2.36 bits per heavy atom. The molecule has 1 unspecified atom stereocenters. The number of hydrogen-bond donors (Lipinski definition) is 0. The van der Waals surface area contributed by atoms with Gasteiger partial charge in [0.2, 0.25) is 0 Å². The summed E-state index contributed by atoms with van der Waals surface area (Å²) in [4.78, 5) is 0. The molecule has 0 spiro atoms. The quantitative estimate of drug-likeness (QED) is 0.412. The van der Waals surface area contributed by atoms with Gasteiger partial charge in [-0.2, -0.15) is 0 Å². The van der Waals surface area contributed by atoms with Gasteiger partial charge in [-0.3, -0.25) is 0 Å². The molecule has 0 amide bonds. The molecule has 1 saturated carbocycles. The third-order valence-corrected chi connectivity index (χ3v) is 5.79. The first-order chi connectivity index (χ1) is 5.00. The van der Waals surface area contributed by atoms with Crippen LogP contribution in [0.4, 0.5) is 0 Å². The van der Waals surface area contributed by atoms with Crippen LogP contribution >= 0.6 is 0 Å². The van der Waals surface area contributed by atoms with Crippen molar-refractivity contribution in [2.45, 2.75) is 50.9 Å². The van der Waals surface area contributed by atoms with E-state index in [0.29, 0.717) is 0 Å². The molecule has 0 aromatic carbocycles. The topological polar surface area (TPSA) is 0 Å². The minimum atomic E-state index is -0.859. The van der Waals surface area contributed by atoms with Crippen LogP contribution in [0.1, 0.15) is 25.7 Å². The van der Waals surface area contributed by atoms with E-state index in [2.05, 4.69) is 26.2 Å². The molecule has 1 heteroatoms. The third kappa shape index (κ3) is 2.48. The highest BCUT2D eigenvalue weighted by atomic mass is 28.3. The van der Waals surface area contributed by atoms with Crippen LogP contribution in [-0.4, -0.2) is 8.07 Å².